The van der Waals surface area contributed by atoms with E-state index in [9.17, 15) is 0 Å². The van der Waals surface area contributed by atoms with Crippen molar-refractivity contribution in [2.75, 3.05) is 37.5 Å². The van der Waals surface area contributed by atoms with Gasteiger partial charge in [-0.15, -0.1) is 0 Å². The van der Waals surface area contributed by atoms with Gasteiger partial charge < -0.3 is 25.4 Å². The maximum absolute atomic E-state index is 5.82. The van der Waals surface area contributed by atoms with E-state index in [2.05, 4.69) is 33.4 Å². The molecule has 0 radical (unpaired) electrons. The third-order valence-electron chi connectivity index (χ3n) is 4.60. The topological polar surface area (TPSA) is 63.0 Å². The predicted octanol–water partition coefficient (Wildman–Crippen LogP) is 3.01. The number of nitrogens with two attached hydrogens (primary N) is 1. The molecule has 2 aliphatic heterocycles. The van der Waals surface area contributed by atoms with Gasteiger partial charge >= 0.3 is 0 Å². The van der Waals surface area contributed by atoms with E-state index in [4.69, 9.17) is 15.2 Å². The van der Waals surface area contributed by atoms with Crippen LogP contribution < -0.4 is 25.4 Å². The molecule has 6 nitrogen and oxygen atoms in total. The summed E-state index contributed by atoms with van der Waals surface area (Å²) in [6, 6.07) is 14.1. The molecule has 2 heterocycles. The van der Waals surface area contributed by atoms with Gasteiger partial charge in [0, 0.05) is 37.1 Å². The first-order valence-electron chi connectivity index (χ1n) is 8.53. The van der Waals surface area contributed by atoms with Crippen LogP contribution in [0.2, 0.25) is 0 Å². The van der Waals surface area contributed by atoms with Crippen molar-refractivity contribution in [3.05, 3.63) is 66.2 Å². The molecule has 6 heteroatoms. The van der Waals surface area contributed by atoms with Gasteiger partial charge in [0.1, 0.15) is 17.3 Å². The monoisotopic (exact) mass is 350 g/mol. The van der Waals surface area contributed by atoms with E-state index < -0.39 is 0 Å². The van der Waals surface area contributed by atoms with Crippen molar-refractivity contribution >= 4 is 17.1 Å². The Balaban J connectivity index is 1.85. The van der Waals surface area contributed by atoms with Gasteiger partial charge in [0.05, 0.1) is 31.3 Å². The molecule has 0 aliphatic carbocycles. The van der Waals surface area contributed by atoms with Crippen LogP contribution in [0.1, 0.15) is 5.56 Å². The molecule has 2 aromatic rings. The lowest BCUT2D eigenvalue weighted by Crippen LogP contribution is -2.31. The molecular formula is C20H22N4O2. The van der Waals surface area contributed by atoms with Crippen molar-refractivity contribution in [3.8, 4) is 11.5 Å². The summed E-state index contributed by atoms with van der Waals surface area (Å²) in [5.74, 6) is 2.57. The summed E-state index contributed by atoms with van der Waals surface area (Å²) in [6.07, 6.45) is 4.13. The summed E-state index contributed by atoms with van der Waals surface area (Å²) < 4.78 is 11.0. The number of hydrogen-bond donors (Lipinski definition) is 2. The maximum Gasteiger partial charge on any atom is 0.134 e. The molecule has 0 atom stereocenters. The Morgan fingerprint density at radius 2 is 1.92 bits per heavy atom. The van der Waals surface area contributed by atoms with Crippen molar-refractivity contribution in [2.45, 2.75) is 0 Å². The number of nitrogens with zero attached hydrogens (tertiary/aromatic N) is 2. The van der Waals surface area contributed by atoms with Gasteiger partial charge in [0.2, 0.25) is 0 Å². The lowest BCUT2D eigenvalue weighted by atomic mass is 10.1. The molecule has 0 saturated carbocycles. The Bertz CT molecular complexity index is 891. The zero-order valence-electron chi connectivity index (χ0n) is 14.9. The second-order valence-electron chi connectivity index (χ2n) is 6.06. The van der Waals surface area contributed by atoms with E-state index in [0.717, 1.165) is 46.5 Å². The third kappa shape index (κ3) is 2.55. The Hall–Kier alpha value is -3.12. The molecule has 134 valence electrons. The first-order valence-corrected chi connectivity index (χ1v) is 8.53. The number of fused-ring (bicyclic) bond motifs is 3. The summed E-state index contributed by atoms with van der Waals surface area (Å²) in [5, 5.41) is 3.37. The minimum Gasteiger partial charge on any atom is -0.497 e. The van der Waals surface area contributed by atoms with Crippen molar-refractivity contribution in [1.82, 2.24) is 4.90 Å². The number of nitrogens with one attached hydrogen (secondary N) is 1. The first kappa shape index (κ1) is 16.4. The molecule has 0 amide bonds. The minimum absolute atomic E-state index is 0.566. The predicted molar refractivity (Wildman–Crippen MR) is 104 cm³/mol. The number of ether oxygens (including phenoxy) is 2. The number of anilines is 2. The standard InChI is InChI=1S/C20H22N4O2/c1-25-14-7-8-15(19(11-14)26-2)18-13-23(10-9-21)20-12-22-16-5-3-4-6-17(16)24(18)20/h3-8,11-13,22H,9-10,21H2,1-2H3. The Morgan fingerprint density at radius 1 is 1.08 bits per heavy atom. The van der Waals surface area contributed by atoms with Crippen LogP contribution in [0.4, 0.5) is 11.4 Å². The fraction of sp³-hybridized carbons (Fsp3) is 0.200. The summed E-state index contributed by atoms with van der Waals surface area (Å²) in [4.78, 5) is 4.38. The highest BCUT2D eigenvalue weighted by Gasteiger charge is 2.33. The molecule has 26 heavy (non-hydrogen) atoms. The third-order valence-corrected chi connectivity index (χ3v) is 4.60. The van der Waals surface area contributed by atoms with Crippen LogP contribution in [0.5, 0.6) is 11.5 Å². The largest absolute Gasteiger partial charge is 0.497 e. The minimum atomic E-state index is 0.566. The molecule has 0 aromatic heterocycles. The first-order chi connectivity index (χ1) is 12.8. The maximum atomic E-state index is 5.82. The smallest absolute Gasteiger partial charge is 0.134 e. The quantitative estimate of drug-likeness (QED) is 0.864. The molecule has 3 N–H and O–H groups in total. The molecule has 0 unspecified atom stereocenters. The van der Waals surface area contributed by atoms with Gasteiger partial charge in [-0.05, 0) is 24.3 Å². The van der Waals surface area contributed by atoms with Crippen LogP contribution in [0.3, 0.4) is 0 Å². The normalized spacial score (nSPS) is 14.9. The molecule has 2 aliphatic rings. The van der Waals surface area contributed by atoms with Crippen LogP contribution in [0.15, 0.2) is 60.7 Å². The summed E-state index contributed by atoms with van der Waals surface area (Å²) in [7, 11) is 3.33. The molecule has 2 aromatic carbocycles. The van der Waals surface area contributed by atoms with Crippen LogP contribution in [-0.4, -0.2) is 32.2 Å². The van der Waals surface area contributed by atoms with Gasteiger partial charge in [-0.2, -0.15) is 0 Å². The van der Waals surface area contributed by atoms with Gasteiger partial charge in [-0.1, -0.05) is 12.1 Å². The van der Waals surface area contributed by atoms with Crippen LogP contribution in [-0.2, 0) is 0 Å². The average molecular weight is 350 g/mol. The SMILES string of the molecule is COc1ccc(C2=CN(CCN)C3=CNc4ccccc4N23)c(OC)c1. The zero-order chi connectivity index (χ0) is 18.1. The average Bonchev–Trinajstić information content (AvgIpc) is 3.06. The van der Waals surface area contributed by atoms with Crippen LogP contribution in [0, 0.1) is 0 Å². The van der Waals surface area contributed by atoms with E-state index in [0.29, 0.717) is 6.54 Å². The lowest BCUT2D eigenvalue weighted by molar-refractivity contribution is 0.393. The van der Waals surface area contributed by atoms with Crippen LogP contribution >= 0.6 is 0 Å². The van der Waals surface area contributed by atoms with Crippen molar-refractivity contribution in [3.63, 3.8) is 0 Å². The Kier molecular flexibility index (Phi) is 4.18. The highest BCUT2D eigenvalue weighted by atomic mass is 16.5. The van der Waals surface area contributed by atoms with Crippen molar-refractivity contribution < 1.29 is 9.47 Å². The molecule has 0 spiro atoms. The molecule has 4 rings (SSSR count). The second kappa shape index (κ2) is 6.65. The highest BCUT2D eigenvalue weighted by molar-refractivity contribution is 5.93. The Labute approximate surface area is 153 Å². The summed E-state index contributed by atoms with van der Waals surface area (Å²) in [6.45, 7) is 1.30. The van der Waals surface area contributed by atoms with E-state index in [1.165, 1.54) is 0 Å². The van der Waals surface area contributed by atoms with Gasteiger partial charge in [0.25, 0.3) is 0 Å². The number of para-hydroxylation sites is 2. The number of hydrogen-bond acceptors (Lipinski definition) is 6. The van der Waals surface area contributed by atoms with Gasteiger partial charge in [-0.3, -0.25) is 4.90 Å². The van der Waals surface area contributed by atoms with E-state index in [1.807, 2.05) is 36.5 Å². The highest BCUT2D eigenvalue weighted by Crippen LogP contribution is 2.45. The van der Waals surface area contributed by atoms with Crippen molar-refractivity contribution in [2.24, 2.45) is 5.73 Å². The van der Waals surface area contributed by atoms with E-state index >= 15 is 0 Å². The second-order valence-corrected chi connectivity index (χ2v) is 6.06. The van der Waals surface area contributed by atoms with Crippen LogP contribution in [0.25, 0.3) is 5.70 Å². The summed E-state index contributed by atoms with van der Waals surface area (Å²) >= 11 is 0. The van der Waals surface area contributed by atoms with Crippen molar-refractivity contribution in [1.29, 1.82) is 0 Å². The van der Waals surface area contributed by atoms with E-state index in [-0.39, 0.29) is 0 Å². The number of rotatable bonds is 5. The fourth-order valence-electron chi connectivity index (χ4n) is 3.38. The number of methoxy groups -OCH3 is 2. The lowest BCUT2D eigenvalue weighted by Gasteiger charge is -2.32. The van der Waals surface area contributed by atoms with Gasteiger partial charge in [-0.25, -0.2) is 0 Å². The zero-order valence-corrected chi connectivity index (χ0v) is 14.9. The fourth-order valence-corrected chi connectivity index (χ4v) is 3.38. The van der Waals surface area contributed by atoms with E-state index in [1.54, 1.807) is 14.2 Å². The molecule has 0 bridgehead atoms. The molecule has 0 fully saturated rings. The summed E-state index contributed by atoms with van der Waals surface area (Å²) in [5.41, 5.74) is 10.0. The molecule has 0 saturated heterocycles. The Morgan fingerprint density at radius 3 is 2.69 bits per heavy atom. The van der Waals surface area contributed by atoms with Gasteiger partial charge in [0.15, 0.2) is 0 Å². The number of benzene rings is 2. The molecular weight excluding hydrogens is 328 g/mol.